The topological polar surface area (TPSA) is 95.1 Å². The number of fused-ring (bicyclic) bond motifs is 1. The van der Waals surface area contributed by atoms with Crippen LogP contribution in [0.5, 0.6) is 0 Å². The number of thioether (sulfide) groups is 1. The monoisotopic (exact) mass is 375 g/mol. The number of halogens is 1. The number of aromatic carboxylic acids is 1. The summed E-state index contributed by atoms with van der Waals surface area (Å²) in [5, 5.41) is 12.6. The highest BCUT2D eigenvalue weighted by molar-refractivity contribution is 7.99. The third kappa shape index (κ3) is 4.32. The normalized spacial score (nSPS) is 10.8. The van der Waals surface area contributed by atoms with Crippen LogP contribution in [0.25, 0.3) is 11.0 Å². The largest absolute Gasteiger partial charge is 0.478 e. The summed E-state index contributed by atoms with van der Waals surface area (Å²) >= 11 is 7.26. The molecule has 0 unspecified atom stereocenters. The lowest BCUT2D eigenvalue weighted by Gasteiger charge is -2.06. The fourth-order valence-electron chi connectivity index (χ4n) is 2.23. The second kappa shape index (κ2) is 7.58. The van der Waals surface area contributed by atoms with Gasteiger partial charge < -0.3 is 15.4 Å². The maximum Gasteiger partial charge on any atom is 0.337 e. The van der Waals surface area contributed by atoms with Crippen molar-refractivity contribution < 1.29 is 14.7 Å². The SMILES string of the molecule is O=C(CCSc1nc2ccccc2[nH]1)Nc1ccc(Cl)c(C(=O)O)c1. The predicted molar refractivity (Wildman–Crippen MR) is 98.5 cm³/mol. The van der Waals surface area contributed by atoms with E-state index < -0.39 is 5.97 Å². The van der Waals surface area contributed by atoms with Gasteiger partial charge in [-0.2, -0.15) is 0 Å². The van der Waals surface area contributed by atoms with Crippen LogP contribution >= 0.6 is 23.4 Å². The van der Waals surface area contributed by atoms with E-state index in [2.05, 4.69) is 15.3 Å². The lowest BCUT2D eigenvalue weighted by atomic mass is 10.2. The zero-order chi connectivity index (χ0) is 17.8. The smallest absolute Gasteiger partial charge is 0.337 e. The van der Waals surface area contributed by atoms with Gasteiger partial charge in [-0.25, -0.2) is 9.78 Å². The van der Waals surface area contributed by atoms with Crippen molar-refractivity contribution in [2.75, 3.05) is 11.1 Å². The number of anilines is 1. The fraction of sp³-hybridized carbons (Fsp3) is 0.118. The van der Waals surface area contributed by atoms with Crippen molar-refractivity contribution in [1.29, 1.82) is 0 Å². The molecule has 1 aromatic heterocycles. The minimum Gasteiger partial charge on any atom is -0.478 e. The Morgan fingerprint density at radius 1 is 1.24 bits per heavy atom. The molecule has 0 spiro atoms. The Hall–Kier alpha value is -2.51. The Morgan fingerprint density at radius 3 is 2.80 bits per heavy atom. The number of para-hydroxylation sites is 2. The van der Waals surface area contributed by atoms with Crippen molar-refractivity contribution in [2.45, 2.75) is 11.6 Å². The van der Waals surface area contributed by atoms with E-state index in [1.54, 1.807) is 6.07 Å². The number of imidazole rings is 1. The van der Waals surface area contributed by atoms with Crippen molar-refractivity contribution in [3.05, 3.63) is 53.1 Å². The molecule has 0 atom stereocenters. The number of carbonyl (C=O) groups excluding carboxylic acids is 1. The number of hydrogen-bond donors (Lipinski definition) is 3. The second-order valence-electron chi connectivity index (χ2n) is 5.21. The van der Waals surface area contributed by atoms with Gasteiger partial charge in [0.25, 0.3) is 0 Å². The Balaban J connectivity index is 1.54. The first-order chi connectivity index (χ1) is 12.0. The number of carboxylic acids is 1. The summed E-state index contributed by atoms with van der Waals surface area (Å²) in [7, 11) is 0. The number of benzene rings is 2. The van der Waals surface area contributed by atoms with Crippen LogP contribution in [-0.4, -0.2) is 32.7 Å². The van der Waals surface area contributed by atoms with Gasteiger partial charge >= 0.3 is 5.97 Å². The number of amides is 1. The zero-order valence-electron chi connectivity index (χ0n) is 13.0. The second-order valence-corrected chi connectivity index (χ2v) is 6.70. The number of nitrogens with one attached hydrogen (secondary N) is 2. The summed E-state index contributed by atoms with van der Waals surface area (Å²) in [6.07, 6.45) is 0.271. The van der Waals surface area contributed by atoms with Gasteiger partial charge in [0, 0.05) is 17.9 Å². The quantitative estimate of drug-likeness (QED) is 0.565. The Bertz CT molecular complexity index is 909. The third-order valence-corrected chi connectivity index (χ3v) is 4.62. The third-order valence-electron chi connectivity index (χ3n) is 3.42. The summed E-state index contributed by atoms with van der Waals surface area (Å²) in [6, 6.07) is 12.1. The van der Waals surface area contributed by atoms with Gasteiger partial charge in [-0.3, -0.25) is 4.79 Å². The highest BCUT2D eigenvalue weighted by Gasteiger charge is 2.11. The summed E-state index contributed by atoms with van der Waals surface area (Å²) in [5.74, 6) is -0.797. The minimum absolute atomic E-state index is 0.0453. The number of rotatable bonds is 6. The Kier molecular flexibility index (Phi) is 5.25. The summed E-state index contributed by atoms with van der Waals surface area (Å²) < 4.78 is 0. The van der Waals surface area contributed by atoms with Crippen LogP contribution in [0.3, 0.4) is 0 Å². The molecule has 0 saturated carbocycles. The number of aromatic nitrogens is 2. The molecule has 0 radical (unpaired) electrons. The molecule has 6 nitrogen and oxygen atoms in total. The van der Waals surface area contributed by atoms with E-state index in [4.69, 9.17) is 16.7 Å². The first-order valence-corrected chi connectivity index (χ1v) is 8.79. The molecule has 8 heteroatoms. The van der Waals surface area contributed by atoms with Crippen LogP contribution in [0, 0.1) is 0 Å². The molecule has 128 valence electrons. The molecule has 2 aromatic carbocycles. The van der Waals surface area contributed by atoms with Crippen LogP contribution in [0.2, 0.25) is 5.02 Å². The number of aromatic amines is 1. The van der Waals surface area contributed by atoms with Gasteiger partial charge in [-0.1, -0.05) is 35.5 Å². The van der Waals surface area contributed by atoms with E-state index in [1.807, 2.05) is 24.3 Å². The van der Waals surface area contributed by atoms with Crippen molar-refractivity contribution >= 4 is 52.0 Å². The van der Waals surface area contributed by atoms with E-state index in [0.717, 1.165) is 16.2 Å². The van der Waals surface area contributed by atoms with Crippen LogP contribution in [0.1, 0.15) is 16.8 Å². The molecule has 0 bridgehead atoms. The van der Waals surface area contributed by atoms with E-state index >= 15 is 0 Å². The molecule has 1 heterocycles. The average Bonchev–Trinajstić information content (AvgIpc) is 2.99. The zero-order valence-corrected chi connectivity index (χ0v) is 14.5. The van der Waals surface area contributed by atoms with Crippen molar-refractivity contribution in [3.8, 4) is 0 Å². The van der Waals surface area contributed by atoms with Crippen LogP contribution < -0.4 is 5.32 Å². The van der Waals surface area contributed by atoms with Gasteiger partial charge in [-0.15, -0.1) is 0 Å². The molecule has 0 aliphatic carbocycles. The summed E-state index contributed by atoms with van der Waals surface area (Å²) in [6.45, 7) is 0. The molecule has 25 heavy (non-hydrogen) atoms. The summed E-state index contributed by atoms with van der Waals surface area (Å²) in [5.41, 5.74) is 2.20. The summed E-state index contributed by atoms with van der Waals surface area (Å²) in [4.78, 5) is 30.7. The number of carbonyl (C=O) groups is 2. The van der Waals surface area contributed by atoms with Gasteiger partial charge in [0.05, 0.1) is 21.6 Å². The average molecular weight is 376 g/mol. The standard InChI is InChI=1S/C17H14ClN3O3S/c18-12-6-5-10(9-11(12)16(23)24)19-15(22)7-8-25-17-20-13-3-1-2-4-14(13)21-17/h1-6,9H,7-8H2,(H,19,22)(H,20,21)(H,23,24). The van der Waals surface area contributed by atoms with Gasteiger partial charge in [0.15, 0.2) is 5.16 Å². The molecular weight excluding hydrogens is 362 g/mol. The fourth-order valence-corrected chi connectivity index (χ4v) is 3.25. The molecule has 0 saturated heterocycles. The first-order valence-electron chi connectivity index (χ1n) is 7.43. The van der Waals surface area contributed by atoms with E-state index in [1.165, 1.54) is 23.9 Å². The Morgan fingerprint density at radius 2 is 2.04 bits per heavy atom. The number of hydrogen-bond acceptors (Lipinski definition) is 4. The van der Waals surface area contributed by atoms with Crippen LogP contribution in [0.15, 0.2) is 47.6 Å². The van der Waals surface area contributed by atoms with E-state index in [9.17, 15) is 9.59 Å². The number of H-pyrrole nitrogens is 1. The highest BCUT2D eigenvalue weighted by Crippen LogP contribution is 2.22. The molecule has 0 aliphatic rings. The van der Waals surface area contributed by atoms with Crippen molar-refractivity contribution in [1.82, 2.24) is 9.97 Å². The van der Waals surface area contributed by atoms with E-state index in [0.29, 0.717) is 11.4 Å². The highest BCUT2D eigenvalue weighted by atomic mass is 35.5. The molecule has 3 N–H and O–H groups in total. The lowest BCUT2D eigenvalue weighted by Crippen LogP contribution is -2.13. The first kappa shape index (κ1) is 17.3. The molecule has 3 rings (SSSR count). The van der Waals surface area contributed by atoms with Gasteiger partial charge in [0.1, 0.15) is 0 Å². The van der Waals surface area contributed by atoms with Crippen molar-refractivity contribution in [2.24, 2.45) is 0 Å². The van der Waals surface area contributed by atoms with Gasteiger partial charge in [0.2, 0.25) is 5.91 Å². The van der Waals surface area contributed by atoms with E-state index in [-0.39, 0.29) is 22.9 Å². The minimum atomic E-state index is -1.14. The molecule has 3 aromatic rings. The predicted octanol–water partition coefficient (Wildman–Crippen LogP) is 4.04. The lowest BCUT2D eigenvalue weighted by molar-refractivity contribution is -0.115. The molecule has 0 aliphatic heterocycles. The Labute approximate surface area is 152 Å². The van der Waals surface area contributed by atoms with Crippen molar-refractivity contribution in [3.63, 3.8) is 0 Å². The molecule has 1 amide bonds. The van der Waals surface area contributed by atoms with Gasteiger partial charge in [-0.05, 0) is 30.3 Å². The number of carboxylic acid groups (broad SMARTS) is 1. The maximum atomic E-state index is 12.0. The van der Waals surface area contributed by atoms with Crippen LogP contribution in [0.4, 0.5) is 5.69 Å². The number of nitrogens with zero attached hydrogens (tertiary/aromatic N) is 1. The molecule has 0 fully saturated rings. The molecular formula is C17H14ClN3O3S. The maximum absolute atomic E-state index is 12.0. The van der Waals surface area contributed by atoms with Crippen LogP contribution in [-0.2, 0) is 4.79 Å².